The highest BCUT2D eigenvalue weighted by atomic mass is 127. The summed E-state index contributed by atoms with van der Waals surface area (Å²) in [4.78, 5) is 0. The number of nitrogens with zero attached hydrogens (tertiary/aromatic N) is 1. The third-order valence-corrected chi connectivity index (χ3v) is 5.02. The summed E-state index contributed by atoms with van der Waals surface area (Å²) in [6.07, 6.45) is 4.66. The van der Waals surface area contributed by atoms with Gasteiger partial charge in [0.25, 0.3) is 0 Å². The van der Waals surface area contributed by atoms with Crippen LogP contribution in [0.2, 0.25) is 0 Å². The molecule has 0 bridgehead atoms. The molecule has 0 aliphatic heterocycles. The van der Waals surface area contributed by atoms with Crippen molar-refractivity contribution < 1.29 is 0 Å². The molecule has 26 heavy (non-hydrogen) atoms. The van der Waals surface area contributed by atoms with Gasteiger partial charge in [-0.25, -0.2) is 5.84 Å². The first-order chi connectivity index (χ1) is 11.8. The van der Waals surface area contributed by atoms with Gasteiger partial charge in [0.05, 0.1) is 11.4 Å². The number of nitrogens with two attached hydrogens (primary N) is 2. The standard InChI is InChI=1S/C22H31N3.HI/c1-7-16-13-20(14(3)4)18-11-9-10-12-19(18)21(23)22(17(16)8-2)25(24)15(5)6;/h7-12,14-15,20H,1-2,13,23-24H2,3-6H3;1H/b17-16-,22-21-;. The fraction of sp³-hybridized carbons (Fsp3) is 0.364. The molecule has 0 spiro atoms. The third-order valence-electron chi connectivity index (χ3n) is 5.02. The molecule has 1 aromatic rings. The minimum absolute atomic E-state index is 0. The van der Waals surface area contributed by atoms with Gasteiger partial charge < -0.3 is 10.7 Å². The van der Waals surface area contributed by atoms with Crippen molar-refractivity contribution >= 4 is 29.7 Å². The highest BCUT2D eigenvalue weighted by molar-refractivity contribution is 14.0. The molecule has 1 aromatic carbocycles. The Kier molecular flexibility index (Phi) is 8.15. The maximum atomic E-state index is 6.69. The van der Waals surface area contributed by atoms with Crippen molar-refractivity contribution in [3.8, 4) is 0 Å². The van der Waals surface area contributed by atoms with Gasteiger partial charge in [0.15, 0.2) is 0 Å². The Morgan fingerprint density at radius 3 is 2.23 bits per heavy atom. The zero-order valence-corrected chi connectivity index (χ0v) is 18.7. The van der Waals surface area contributed by atoms with Gasteiger partial charge in [-0.3, -0.25) is 0 Å². The fourth-order valence-electron chi connectivity index (χ4n) is 3.50. The Hall–Kier alpha value is -1.53. The van der Waals surface area contributed by atoms with E-state index in [1.807, 2.05) is 18.2 Å². The van der Waals surface area contributed by atoms with E-state index < -0.39 is 0 Å². The van der Waals surface area contributed by atoms with Gasteiger partial charge in [0.2, 0.25) is 0 Å². The van der Waals surface area contributed by atoms with Crippen LogP contribution in [-0.2, 0) is 0 Å². The largest absolute Gasteiger partial charge is 0.396 e. The van der Waals surface area contributed by atoms with Gasteiger partial charge >= 0.3 is 0 Å². The van der Waals surface area contributed by atoms with E-state index in [0.717, 1.165) is 28.8 Å². The van der Waals surface area contributed by atoms with Crippen LogP contribution >= 0.6 is 24.0 Å². The van der Waals surface area contributed by atoms with Crippen molar-refractivity contribution in [2.24, 2.45) is 17.5 Å². The van der Waals surface area contributed by atoms with Crippen molar-refractivity contribution in [3.63, 3.8) is 0 Å². The SMILES string of the molecule is C=C/C1=C(C=C)/C(N(N)C(C)C)=C(/N)c2ccccc2C(C(C)C)C1.I. The van der Waals surface area contributed by atoms with Crippen LogP contribution < -0.4 is 11.6 Å². The summed E-state index contributed by atoms with van der Waals surface area (Å²) in [5, 5.41) is 1.74. The van der Waals surface area contributed by atoms with Crippen molar-refractivity contribution in [1.29, 1.82) is 0 Å². The van der Waals surface area contributed by atoms with Crippen LogP contribution in [0, 0.1) is 5.92 Å². The van der Waals surface area contributed by atoms with Crippen LogP contribution in [0.4, 0.5) is 0 Å². The molecule has 1 unspecified atom stereocenters. The number of hydrogen-bond donors (Lipinski definition) is 2. The lowest BCUT2D eigenvalue weighted by molar-refractivity contribution is 0.300. The predicted molar refractivity (Wildman–Crippen MR) is 124 cm³/mol. The van der Waals surface area contributed by atoms with Crippen LogP contribution in [0.25, 0.3) is 5.70 Å². The molecule has 0 saturated carbocycles. The van der Waals surface area contributed by atoms with E-state index in [2.05, 4.69) is 59.1 Å². The summed E-state index contributed by atoms with van der Waals surface area (Å²) >= 11 is 0. The maximum Gasteiger partial charge on any atom is 0.0830 e. The monoisotopic (exact) mass is 465 g/mol. The van der Waals surface area contributed by atoms with Crippen molar-refractivity contribution in [3.05, 3.63) is 77.5 Å². The van der Waals surface area contributed by atoms with Crippen molar-refractivity contribution in [2.45, 2.75) is 46.1 Å². The fourth-order valence-corrected chi connectivity index (χ4v) is 3.50. The normalized spacial score (nSPS) is 23.0. The first-order valence-electron chi connectivity index (χ1n) is 8.94. The van der Waals surface area contributed by atoms with Crippen LogP contribution in [0.15, 0.2) is 66.4 Å². The van der Waals surface area contributed by atoms with Gasteiger partial charge in [-0.1, -0.05) is 63.4 Å². The Morgan fingerprint density at radius 2 is 1.73 bits per heavy atom. The maximum absolute atomic E-state index is 6.69. The summed E-state index contributed by atoms with van der Waals surface area (Å²) in [5.41, 5.74) is 12.7. The number of halogens is 1. The second kappa shape index (κ2) is 9.42. The van der Waals surface area contributed by atoms with E-state index in [4.69, 9.17) is 11.6 Å². The van der Waals surface area contributed by atoms with E-state index in [1.54, 1.807) is 5.01 Å². The quantitative estimate of drug-likeness (QED) is 0.351. The molecule has 142 valence electrons. The van der Waals surface area contributed by atoms with Gasteiger partial charge in [-0.15, -0.1) is 24.0 Å². The van der Waals surface area contributed by atoms with Gasteiger partial charge in [0, 0.05) is 17.2 Å². The molecular formula is C22H32IN3. The molecule has 4 heteroatoms. The lowest BCUT2D eigenvalue weighted by Gasteiger charge is -2.34. The molecule has 0 saturated heterocycles. The Bertz CT molecular complexity index is 729. The molecular weight excluding hydrogens is 433 g/mol. The Morgan fingerprint density at radius 1 is 1.12 bits per heavy atom. The number of fused-ring (bicyclic) bond motifs is 1. The smallest absolute Gasteiger partial charge is 0.0830 e. The highest BCUT2D eigenvalue weighted by Crippen LogP contribution is 2.41. The number of benzene rings is 1. The first-order valence-corrected chi connectivity index (χ1v) is 8.94. The summed E-state index contributed by atoms with van der Waals surface area (Å²) in [7, 11) is 0. The van der Waals surface area contributed by atoms with Gasteiger partial charge in [0.1, 0.15) is 0 Å². The lowest BCUT2D eigenvalue weighted by Crippen LogP contribution is -2.39. The van der Waals surface area contributed by atoms with Gasteiger partial charge in [-0.2, -0.15) is 0 Å². The molecule has 0 radical (unpaired) electrons. The average Bonchev–Trinajstić information content (AvgIpc) is 2.58. The van der Waals surface area contributed by atoms with E-state index >= 15 is 0 Å². The van der Waals surface area contributed by atoms with E-state index in [-0.39, 0.29) is 30.0 Å². The van der Waals surface area contributed by atoms with E-state index in [9.17, 15) is 0 Å². The van der Waals surface area contributed by atoms with Crippen LogP contribution in [-0.4, -0.2) is 11.1 Å². The molecule has 0 fully saturated rings. The molecule has 3 nitrogen and oxygen atoms in total. The zero-order chi connectivity index (χ0) is 18.7. The number of allylic oxidation sites excluding steroid dienone is 3. The van der Waals surface area contributed by atoms with Gasteiger partial charge in [-0.05, 0) is 43.2 Å². The summed E-state index contributed by atoms with van der Waals surface area (Å²) < 4.78 is 0. The topological polar surface area (TPSA) is 55.3 Å². The minimum atomic E-state index is 0. The Labute approximate surface area is 175 Å². The molecule has 2 rings (SSSR count). The highest BCUT2D eigenvalue weighted by Gasteiger charge is 2.28. The molecule has 1 aliphatic rings. The number of hydrogen-bond acceptors (Lipinski definition) is 3. The summed E-state index contributed by atoms with van der Waals surface area (Å²) in [6, 6.07) is 8.50. The predicted octanol–water partition coefficient (Wildman–Crippen LogP) is 5.33. The summed E-state index contributed by atoms with van der Waals surface area (Å²) in [5.74, 6) is 7.26. The minimum Gasteiger partial charge on any atom is -0.396 e. The second-order valence-corrected chi connectivity index (χ2v) is 7.25. The third kappa shape index (κ3) is 4.23. The average molecular weight is 465 g/mol. The summed E-state index contributed by atoms with van der Waals surface area (Å²) in [6.45, 7) is 16.7. The Balaban J connectivity index is 0.00000338. The molecule has 1 aliphatic carbocycles. The molecule has 0 aromatic heterocycles. The molecule has 1 atom stereocenters. The molecule has 0 amide bonds. The number of rotatable bonds is 5. The van der Waals surface area contributed by atoms with Crippen molar-refractivity contribution in [2.75, 3.05) is 0 Å². The molecule has 0 heterocycles. The molecule has 4 N–H and O–H groups in total. The van der Waals surface area contributed by atoms with Crippen molar-refractivity contribution in [1.82, 2.24) is 5.01 Å². The van der Waals surface area contributed by atoms with Crippen LogP contribution in [0.5, 0.6) is 0 Å². The van der Waals surface area contributed by atoms with E-state index in [1.165, 1.54) is 5.56 Å². The zero-order valence-electron chi connectivity index (χ0n) is 16.3. The first kappa shape index (κ1) is 22.5. The van der Waals surface area contributed by atoms with E-state index in [0.29, 0.717) is 17.5 Å². The van der Waals surface area contributed by atoms with Crippen LogP contribution in [0.3, 0.4) is 0 Å². The number of hydrazine groups is 1. The van der Waals surface area contributed by atoms with Crippen LogP contribution in [0.1, 0.15) is 51.2 Å². The second-order valence-electron chi connectivity index (χ2n) is 7.25. The lowest BCUT2D eigenvalue weighted by atomic mass is 9.77.